The van der Waals surface area contributed by atoms with E-state index in [9.17, 15) is 9.59 Å². The van der Waals surface area contributed by atoms with Crippen molar-refractivity contribution in [2.45, 2.75) is 13.0 Å². The van der Waals surface area contributed by atoms with E-state index in [1.54, 1.807) is 12.1 Å². The molecule has 0 aromatic heterocycles. The number of carbonyl (C=O) groups excluding carboxylic acids is 2. The molecule has 1 amide bonds. The summed E-state index contributed by atoms with van der Waals surface area (Å²) in [5.41, 5.74) is 1.93. The van der Waals surface area contributed by atoms with E-state index in [2.05, 4.69) is 17.2 Å². The molecule has 0 bridgehead atoms. The highest BCUT2D eigenvalue weighted by Crippen LogP contribution is 2.34. The predicted molar refractivity (Wildman–Crippen MR) is 94.1 cm³/mol. The van der Waals surface area contributed by atoms with Crippen molar-refractivity contribution < 1.29 is 23.8 Å². The van der Waals surface area contributed by atoms with Gasteiger partial charge in [0.2, 0.25) is 6.79 Å². The van der Waals surface area contributed by atoms with E-state index in [0.717, 1.165) is 11.8 Å². The van der Waals surface area contributed by atoms with Gasteiger partial charge in [-0.1, -0.05) is 42.2 Å². The van der Waals surface area contributed by atoms with Crippen LogP contribution < -0.4 is 14.8 Å². The molecule has 0 saturated heterocycles. The minimum absolute atomic E-state index is 0.138. The van der Waals surface area contributed by atoms with E-state index in [0.29, 0.717) is 35.6 Å². The third kappa shape index (κ3) is 4.54. The fraction of sp³-hybridized carbons (Fsp3) is 0.200. The van der Waals surface area contributed by atoms with Gasteiger partial charge < -0.3 is 19.5 Å². The van der Waals surface area contributed by atoms with Crippen molar-refractivity contribution in [1.82, 2.24) is 5.32 Å². The van der Waals surface area contributed by atoms with Gasteiger partial charge in [-0.15, -0.1) is 0 Å². The molecular formula is C20H17NO5. The van der Waals surface area contributed by atoms with Crippen molar-refractivity contribution in [3.63, 3.8) is 0 Å². The van der Waals surface area contributed by atoms with Crippen LogP contribution in [0.4, 0.5) is 4.79 Å². The molecule has 1 heterocycles. The molecule has 0 unspecified atom stereocenters. The lowest BCUT2D eigenvalue weighted by atomic mass is 10.1. The third-order valence-electron chi connectivity index (χ3n) is 3.63. The molecule has 0 aliphatic carbocycles. The van der Waals surface area contributed by atoms with Crippen LogP contribution in [0.5, 0.6) is 11.5 Å². The summed E-state index contributed by atoms with van der Waals surface area (Å²) < 4.78 is 15.6. The van der Waals surface area contributed by atoms with Crippen LogP contribution in [0.3, 0.4) is 0 Å². The first kappa shape index (κ1) is 17.4. The summed E-state index contributed by atoms with van der Waals surface area (Å²) in [6.07, 6.45) is 0.658. The van der Waals surface area contributed by atoms with Crippen LogP contribution in [0.1, 0.15) is 27.9 Å². The second kappa shape index (κ2) is 8.58. The monoisotopic (exact) mass is 351 g/mol. The summed E-state index contributed by atoms with van der Waals surface area (Å²) in [5.74, 6) is 6.95. The Morgan fingerprint density at radius 1 is 1.19 bits per heavy atom. The normalized spacial score (nSPS) is 11.2. The number of hydrogen-bond donors (Lipinski definition) is 1. The molecule has 2 aromatic rings. The molecule has 3 rings (SSSR count). The van der Waals surface area contributed by atoms with Crippen LogP contribution in [0.2, 0.25) is 0 Å². The molecular weight excluding hydrogens is 334 g/mol. The fourth-order valence-electron chi connectivity index (χ4n) is 2.32. The summed E-state index contributed by atoms with van der Waals surface area (Å²) in [7, 11) is 0. The van der Waals surface area contributed by atoms with Gasteiger partial charge in [0.05, 0.1) is 0 Å². The molecule has 1 N–H and O–H groups in total. The minimum atomic E-state index is -0.493. The van der Waals surface area contributed by atoms with Crippen LogP contribution in [0, 0.1) is 11.8 Å². The van der Waals surface area contributed by atoms with E-state index < -0.39 is 6.09 Å². The molecule has 0 radical (unpaired) electrons. The van der Waals surface area contributed by atoms with E-state index in [4.69, 9.17) is 14.2 Å². The van der Waals surface area contributed by atoms with Gasteiger partial charge in [-0.25, -0.2) is 4.79 Å². The van der Waals surface area contributed by atoms with E-state index >= 15 is 0 Å². The van der Waals surface area contributed by atoms with Crippen LogP contribution in [-0.2, 0) is 11.3 Å². The average Bonchev–Trinajstić information content (AvgIpc) is 3.13. The number of alkyl carbamates (subject to hydrolysis) is 1. The first-order valence-electron chi connectivity index (χ1n) is 8.08. The van der Waals surface area contributed by atoms with Crippen LogP contribution in [-0.4, -0.2) is 25.7 Å². The SMILES string of the molecule is O=Cc1cc2c(cc1C#CCCNC(=O)OCc1ccccc1)OCO2. The van der Waals surface area contributed by atoms with Crippen LogP contribution in [0.25, 0.3) is 0 Å². The van der Waals surface area contributed by atoms with Gasteiger partial charge in [0.25, 0.3) is 0 Å². The number of carbonyl (C=O) groups is 2. The molecule has 0 saturated carbocycles. The fourth-order valence-corrected chi connectivity index (χ4v) is 2.32. The van der Waals surface area contributed by atoms with Crippen LogP contribution in [0.15, 0.2) is 42.5 Å². The smallest absolute Gasteiger partial charge is 0.407 e. The van der Waals surface area contributed by atoms with Crippen molar-refractivity contribution >= 4 is 12.4 Å². The number of nitrogens with one attached hydrogen (secondary N) is 1. The van der Waals surface area contributed by atoms with Gasteiger partial charge in [0.1, 0.15) is 6.61 Å². The number of hydrogen-bond acceptors (Lipinski definition) is 5. The lowest BCUT2D eigenvalue weighted by Gasteiger charge is -2.05. The van der Waals surface area contributed by atoms with E-state index in [1.165, 1.54) is 0 Å². The van der Waals surface area contributed by atoms with Gasteiger partial charge in [-0.05, 0) is 11.6 Å². The summed E-state index contributed by atoms with van der Waals surface area (Å²) in [5, 5.41) is 2.63. The maximum absolute atomic E-state index is 11.6. The molecule has 0 atom stereocenters. The number of aldehydes is 1. The van der Waals surface area contributed by atoms with Gasteiger partial charge >= 0.3 is 6.09 Å². The summed E-state index contributed by atoms with van der Waals surface area (Å²) >= 11 is 0. The quantitative estimate of drug-likeness (QED) is 0.509. The highest BCUT2D eigenvalue weighted by molar-refractivity contribution is 5.81. The zero-order chi connectivity index (χ0) is 18.2. The summed E-state index contributed by atoms with van der Waals surface area (Å²) in [4.78, 5) is 22.8. The summed E-state index contributed by atoms with van der Waals surface area (Å²) in [6.45, 7) is 0.708. The molecule has 26 heavy (non-hydrogen) atoms. The predicted octanol–water partition coefficient (Wildman–Crippen LogP) is 2.90. The number of fused-ring (bicyclic) bond motifs is 1. The number of amides is 1. The molecule has 132 valence electrons. The highest BCUT2D eigenvalue weighted by atomic mass is 16.7. The standard InChI is InChI=1S/C20H17NO5/c22-12-17-11-19-18(25-14-26-19)10-16(17)8-4-5-9-21-20(23)24-13-15-6-2-1-3-7-15/h1-3,6-7,10-12H,5,9,13-14H2,(H,21,23). The third-order valence-corrected chi connectivity index (χ3v) is 3.63. The zero-order valence-electron chi connectivity index (χ0n) is 14.0. The Morgan fingerprint density at radius 3 is 2.73 bits per heavy atom. The Balaban J connectivity index is 1.46. The van der Waals surface area contributed by atoms with Crippen molar-refractivity contribution in [3.8, 4) is 23.3 Å². The average molecular weight is 351 g/mol. The van der Waals surface area contributed by atoms with Gasteiger partial charge in [0, 0.05) is 30.2 Å². The molecule has 6 heteroatoms. The largest absolute Gasteiger partial charge is 0.454 e. The van der Waals surface area contributed by atoms with E-state index in [1.807, 2.05) is 30.3 Å². The van der Waals surface area contributed by atoms with Crippen LogP contribution >= 0.6 is 0 Å². The van der Waals surface area contributed by atoms with Gasteiger partial charge in [-0.3, -0.25) is 4.79 Å². The molecule has 0 fully saturated rings. The van der Waals surface area contributed by atoms with Gasteiger partial charge in [0.15, 0.2) is 17.8 Å². The number of rotatable bonds is 5. The Morgan fingerprint density at radius 2 is 1.96 bits per heavy atom. The Kier molecular flexibility index (Phi) is 5.73. The maximum atomic E-state index is 11.6. The molecule has 0 spiro atoms. The second-order valence-electron chi connectivity index (χ2n) is 5.45. The first-order valence-corrected chi connectivity index (χ1v) is 8.08. The second-order valence-corrected chi connectivity index (χ2v) is 5.45. The van der Waals surface area contributed by atoms with Crippen molar-refractivity contribution in [3.05, 3.63) is 59.2 Å². The minimum Gasteiger partial charge on any atom is -0.454 e. The molecule has 1 aliphatic rings. The maximum Gasteiger partial charge on any atom is 0.407 e. The highest BCUT2D eigenvalue weighted by Gasteiger charge is 2.16. The lowest BCUT2D eigenvalue weighted by molar-refractivity contribution is 0.112. The van der Waals surface area contributed by atoms with Gasteiger partial charge in [-0.2, -0.15) is 0 Å². The first-order chi connectivity index (χ1) is 12.8. The topological polar surface area (TPSA) is 73.9 Å². The zero-order valence-corrected chi connectivity index (χ0v) is 14.0. The Labute approximate surface area is 151 Å². The van der Waals surface area contributed by atoms with Crippen molar-refractivity contribution in [1.29, 1.82) is 0 Å². The Bertz CT molecular complexity index is 852. The van der Waals surface area contributed by atoms with Crippen molar-refractivity contribution in [2.24, 2.45) is 0 Å². The summed E-state index contributed by atoms with van der Waals surface area (Å²) in [6, 6.07) is 12.7. The lowest BCUT2D eigenvalue weighted by Crippen LogP contribution is -2.24. The Hall–Kier alpha value is -3.46. The van der Waals surface area contributed by atoms with Crippen molar-refractivity contribution in [2.75, 3.05) is 13.3 Å². The molecule has 2 aromatic carbocycles. The van der Waals surface area contributed by atoms with E-state index in [-0.39, 0.29) is 13.4 Å². The number of ether oxygens (including phenoxy) is 3. The number of benzene rings is 2. The molecule has 6 nitrogen and oxygen atoms in total. The molecule has 1 aliphatic heterocycles.